The number of likely N-dealkylation sites (tertiary alicyclic amines) is 1. The van der Waals surface area contributed by atoms with Crippen molar-refractivity contribution in [1.29, 1.82) is 0 Å². The van der Waals surface area contributed by atoms with Gasteiger partial charge in [-0.05, 0) is 31.7 Å². The molecule has 2 fully saturated rings. The van der Waals surface area contributed by atoms with E-state index in [0.29, 0.717) is 0 Å². The maximum absolute atomic E-state index is 13.3. The van der Waals surface area contributed by atoms with Gasteiger partial charge in [-0.3, -0.25) is 4.79 Å². The topological polar surface area (TPSA) is 58.2 Å². The maximum Gasteiger partial charge on any atom is 0.254 e. The third-order valence-electron chi connectivity index (χ3n) is 5.91. The number of carbonyl (C=O) groups is 1. The number of nitrogens with zero attached hydrogens (tertiary/aromatic N) is 2. The molecule has 5 heteroatoms. The van der Waals surface area contributed by atoms with Gasteiger partial charge in [-0.25, -0.2) is 4.98 Å². The fourth-order valence-corrected chi connectivity index (χ4v) is 4.73. The standard InChI is InChI=1S/C20H25N3O2/c1-25-17-8-4-9-20(17)10-5-13-23(14-20)19(24)16-7-3-2-6-15(16)18-21-11-12-22-18/h2-3,6-7,11-12,17H,4-5,8-10,13-14H2,1H3,(H,21,22)/t17-,20-/m1/s1. The zero-order valence-corrected chi connectivity index (χ0v) is 14.7. The summed E-state index contributed by atoms with van der Waals surface area (Å²) in [5.41, 5.74) is 1.73. The van der Waals surface area contributed by atoms with Crippen LogP contribution >= 0.6 is 0 Å². The molecule has 1 spiro atoms. The molecular weight excluding hydrogens is 314 g/mol. The zero-order valence-electron chi connectivity index (χ0n) is 14.7. The maximum atomic E-state index is 13.3. The number of carbonyl (C=O) groups excluding carboxylic acids is 1. The molecule has 5 nitrogen and oxygen atoms in total. The van der Waals surface area contributed by atoms with Crippen molar-refractivity contribution in [2.45, 2.75) is 38.2 Å². The number of H-pyrrole nitrogens is 1. The van der Waals surface area contributed by atoms with E-state index in [1.54, 1.807) is 12.4 Å². The summed E-state index contributed by atoms with van der Waals surface area (Å²) < 4.78 is 5.77. The van der Waals surface area contributed by atoms with Crippen molar-refractivity contribution < 1.29 is 9.53 Å². The molecule has 1 saturated carbocycles. The van der Waals surface area contributed by atoms with Crippen LogP contribution in [0.1, 0.15) is 42.5 Å². The number of rotatable bonds is 3. The Hall–Kier alpha value is -2.14. The molecule has 2 atom stereocenters. The van der Waals surface area contributed by atoms with Crippen molar-refractivity contribution >= 4 is 5.91 Å². The van der Waals surface area contributed by atoms with E-state index in [-0.39, 0.29) is 17.4 Å². The predicted molar refractivity (Wildman–Crippen MR) is 96.2 cm³/mol. The van der Waals surface area contributed by atoms with Crippen LogP contribution in [0.5, 0.6) is 0 Å². The highest BCUT2D eigenvalue weighted by Crippen LogP contribution is 2.46. The minimum absolute atomic E-state index is 0.104. The molecule has 2 aliphatic rings. The van der Waals surface area contributed by atoms with Gasteiger partial charge in [0, 0.05) is 43.6 Å². The Morgan fingerprint density at radius 2 is 2.16 bits per heavy atom. The Balaban J connectivity index is 1.62. The first-order chi connectivity index (χ1) is 12.2. The van der Waals surface area contributed by atoms with Crippen molar-refractivity contribution in [1.82, 2.24) is 14.9 Å². The molecule has 1 N–H and O–H groups in total. The first kappa shape index (κ1) is 16.3. The fourth-order valence-electron chi connectivity index (χ4n) is 4.73. The van der Waals surface area contributed by atoms with Crippen molar-refractivity contribution in [3.05, 3.63) is 42.2 Å². The van der Waals surface area contributed by atoms with E-state index in [2.05, 4.69) is 9.97 Å². The van der Waals surface area contributed by atoms with Crippen LogP contribution in [0.4, 0.5) is 0 Å². The third-order valence-corrected chi connectivity index (χ3v) is 5.91. The number of aromatic nitrogens is 2. The molecule has 1 aliphatic heterocycles. The molecule has 132 valence electrons. The molecule has 1 aromatic carbocycles. The monoisotopic (exact) mass is 339 g/mol. The van der Waals surface area contributed by atoms with Gasteiger partial charge in [-0.15, -0.1) is 0 Å². The van der Waals surface area contributed by atoms with E-state index in [0.717, 1.165) is 55.7 Å². The van der Waals surface area contributed by atoms with Crippen LogP contribution in [0.15, 0.2) is 36.7 Å². The molecule has 0 unspecified atom stereocenters. The number of benzene rings is 1. The molecule has 1 aromatic heterocycles. The van der Waals surface area contributed by atoms with E-state index in [9.17, 15) is 4.79 Å². The second-order valence-electron chi connectivity index (χ2n) is 7.29. The Morgan fingerprint density at radius 3 is 2.96 bits per heavy atom. The van der Waals surface area contributed by atoms with Crippen LogP contribution in [0.2, 0.25) is 0 Å². The first-order valence-corrected chi connectivity index (χ1v) is 9.14. The van der Waals surface area contributed by atoms with Crippen LogP contribution in [-0.4, -0.2) is 47.1 Å². The van der Waals surface area contributed by atoms with Crippen LogP contribution in [0.25, 0.3) is 11.4 Å². The normalized spacial score (nSPS) is 26.3. The lowest BCUT2D eigenvalue weighted by Gasteiger charge is -2.43. The summed E-state index contributed by atoms with van der Waals surface area (Å²) in [6, 6.07) is 7.74. The molecule has 1 saturated heterocycles. The highest BCUT2D eigenvalue weighted by atomic mass is 16.5. The van der Waals surface area contributed by atoms with E-state index in [1.807, 2.05) is 36.3 Å². The van der Waals surface area contributed by atoms with Gasteiger partial charge >= 0.3 is 0 Å². The molecule has 0 bridgehead atoms. The predicted octanol–water partition coefficient (Wildman–Crippen LogP) is 3.50. The van der Waals surface area contributed by atoms with Crippen LogP contribution in [0, 0.1) is 5.41 Å². The van der Waals surface area contributed by atoms with Gasteiger partial charge in [0.05, 0.1) is 11.7 Å². The van der Waals surface area contributed by atoms with Gasteiger partial charge in [0.25, 0.3) is 5.91 Å². The second kappa shape index (κ2) is 6.64. The number of nitrogens with one attached hydrogen (secondary N) is 1. The van der Waals surface area contributed by atoms with E-state index in [1.165, 1.54) is 6.42 Å². The first-order valence-electron chi connectivity index (χ1n) is 9.14. The van der Waals surface area contributed by atoms with Crippen molar-refractivity contribution in [3.8, 4) is 11.4 Å². The van der Waals surface area contributed by atoms with Crippen molar-refractivity contribution in [3.63, 3.8) is 0 Å². The molecule has 2 heterocycles. The minimum Gasteiger partial charge on any atom is -0.381 e. The van der Waals surface area contributed by atoms with Gasteiger partial charge in [0.2, 0.25) is 0 Å². The minimum atomic E-state index is 0.104. The number of aromatic amines is 1. The molecule has 0 radical (unpaired) electrons. The lowest BCUT2D eigenvalue weighted by atomic mass is 9.76. The van der Waals surface area contributed by atoms with E-state index >= 15 is 0 Å². The Morgan fingerprint density at radius 1 is 1.32 bits per heavy atom. The van der Waals surface area contributed by atoms with Crippen LogP contribution < -0.4 is 0 Å². The molecule has 25 heavy (non-hydrogen) atoms. The molecule has 2 aromatic rings. The van der Waals surface area contributed by atoms with Crippen LogP contribution in [-0.2, 0) is 4.74 Å². The van der Waals surface area contributed by atoms with E-state index < -0.39 is 0 Å². The highest BCUT2D eigenvalue weighted by molar-refractivity contribution is 6.00. The van der Waals surface area contributed by atoms with E-state index in [4.69, 9.17) is 4.74 Å². The number of hydrogen-bond acceptors (Lipinski definition) is 3. The molecule has 1 amide bonds. The second-order valence-corrected chi connectivity index (χ2v) is 7.29. The number of ether oxygens (including phenoxy) is 1. The fraction of sp³-hybridized carbons (Fsp3) is 0.500. The number of amides is 1. The summed E-state index contributed by atoms with van der Waals surface area (Å²) in [6.07, 6.45) is 9.47. The van der Waals surface area contributed by atoms with Crippen molar-refractivity contribution in [2.24, 2.45) is 5.41 Å². The molecular formula is C20H25N3O2. The SMILES string of the molecule is CO[C@@H]1CCC[C@]12CCCN(C(=O)c1ccccc1-c1ncc[nH]1)C2. The summed E-state index contributed by atoms with van der Waals surface area (Å²) >= 11 is 0. The smallest absolute Gasteiger partial charge is 0.254 e. The number of piperidine rings is 1. The zero-order chi connectivity index (χ0) is 17.3. The number of methoxy groups -OCH3 is 1. The lowest BCUT2D eigenvalue weighted by Crippen LogP contribution is -2.49. The Labute approximate surface area is 148 Å². The summed E-state index contributed by atoms with van der Waals surface area (Å²) in [5, 5.41) is 0. The number of imidazole rings is 1. The van der Waals surface area contributed by atoms with Gasteiger partial charge in [0.15, 0.2) is 0 Å². The average molecular weight is 339 g/mol. The van der Waals surface area contributed by atoms with Gasteiger partial charge in [-0.1, -0.05) is 24.6 Å². The van der Waals surface area contributed by atoms with Gasteiger partial charge in [-0.2, -0.15) is 0 Å². The third kappa shape index (κ3) is 2.86. The average Bonchev–Trinajstić information content (AvgIpc) is 3.31. The largest absolute Gasteiger partial charge is 0.381 e. The highest BCUT2D eigenvalue weighted by Gasteiger charge is 2.46. The summed E-state index contributed by atoms with van der Waals surface area (Å²) in [4.78, 5) is 22.8. The van der Waals surface area contributed by atoms with Gasteiger partial charge < -0.3 is 14.6 Å². The van der Waals surface area contributed by atoms with Crippen molar-refractivity contribution in [2.75, 3.05) is 20.2 Å². The summed E-state index contributed by atoms with van der Waals surface area (Å²) in [7, 11) is 1.81. The summed E-state index contributed by atoms with van der Waals surface area (Å²) in [6.45, 7) is 1.63. The van der Waals surface area contributed by atoms with Gasteiger partial charge in [0.1, 0.15) is 5.82 Å². The Bertz CT molecular complexity index is 743. The Kier molecular flexibility index (Phi) is 4.34. The summed E-state index contributed by atoms with van der Waals surface area (Å²) in [5.74, 6) is 0.846. The molecule has 1 aliphatic carbocycles. The van der Waals surface area contributed by atoms with Crippen LogP contribution in [0.3, 0.4) is 0 Å². The lowest BCUT2D eigenvalue weighted by molar-refractivity contribution is -0.0295. The number of hydrogen-bond donors (Lipinski definition) is 1. The molecule has 4 rings (SSSR count). The quantitative estimate of drug-likeness (QED) is 0.931.